The van der Waals surface area contributed by atoms with E-state index in [0.717, 1.165) is 12.1 Å². The normalized spacial score (nSPS) is 14.4. The molecule has 1 fully saturated rings. The van der Waals surface area contributed by atoms with Gasteiger partial charge in [-0.1, -0.05) is 25.5 Å². The highest BCUT2D eigenvalue weighted by Crippen LogP contribution is 2.13. The molecule has 6 nitrogen and oxygen atoms in total. The van der Waals surface area contributed by atoms with Crippen molar-refractivity contribution >= 4 is 17.8 Å². The minimum Gasteiger partial charge on any atom is -0.450 e. The molecule has 1 aliphatic rings. The van der Waals surface area contributed by atoms with E-state index in [-0.39, 0.29) is 12.1 Å². The van der Waals surface area contributed by atoms with Gasteiger partial charge >= 0.3 is 12.1 Å². The van der Waals surface area contributed by atoms with Gasteiger partial charge in [0.15, 0.2) is 0 Å². The number of aryl methyl sites for hydroxylation is 1. The Morgan fingerprint density at radius 3 is 2.25 bits per heavy atom. The first-order valence-corrected chi connectivity index (χ1v) is 8.70. The number of carbonyl (C=O) groups excluding carboxylic acids is 2. The number of benzene rings is 1. The number of hydrogen-bond donors (Lipinski definition) is 1. The molecule has 2 rings (SSSR count). The number of amides is 3. The van der Waals surface area contributed by atoms with Crippen molar-refractivity contribution < 1.29 is 14.3 Å². The lowest BCUT2D eigenvalue weighted by molar-refractivity contribution is 0.0868. The topological polar surface area (TPSA) is 61.9 Å². The molecule has 6 heteroatoms. The third-order valence-electron chi connectivity index (χ3n) is 4.12. The lowest BCUT2D eigenvalue weighted by Crippen LogP contribution is -2.51. The third-order valence-corrected chi connectivity index (χ3v) is 4.12. The van der Waals surface area contributed by atoms with Gasteiger partial charge in [0.2, 0.25) is 0 Å². The van der Waals surface area contributed by atoms with Crippen molar-refractivity contribution in [3.63, 3.8) is 0 Å². The Bertz CT molecular complexity index is 537. The number of urea groups is 1. The van der Waals surface area contributed by atoms with Crippen LogP contribution < -0.4 is 5.32 Å². The van der Waals surface area contributed by atoms with Gasteiger partial charge < -0.3 is 19.9 Å². The molecule has 132 valence electrons. The largest absolute Gasteiger partial charge is 0.450 e. The smallest absolute Gasteiger partial charge is 0.409 e. The Hall–Kier alpha value is -2.24. The monoisotopic (exact) mass is 333 g/mol. The number of unbranched alkanes of at least 4 members (excludes halogenated alkanes) is 1. The number of nitrogens with one attached hydrogen (secondary N) is 1. The molecule has 1 aromatic carbocycles. The van der Waals surface area contributed by atoms with Gasteiger partial charge in [0.05, 0.1) is 6.61 Å². The summed E-state index contributed by atoms with van der Waals surface area (Å²) in [5.41, 5.74) is 2.09. The maximum absolute atomic E-state index is 12.3. The van der Waals surface area contributed by atoms with E-state index in [1.54, 1.807) is 16.7 Å². The lowest BCUT2D eigenvalue weighted by atomic mass is 10.1. The summed E-state index contributed by atoms with van der Waals surface area (Å²) >= 11 is 0. The van der Waals surface area contributed by atoms with Crippen molar-refractivity contribution in [2.45, 2.75) is 33.1 Å². The quantitative estimate of drug-likeness (QED) is 0.899. The van der Waals surface area contributed by atoms with Gasteiger partial charge in [-0.2, -0.15) is 0 Å². The van der Waals surface area contributed by atoms with Crippen molar-refractivity contribution in [2.24, 2.45) is 0 Å². The molecule has 1 aliphatic heterocycles. The van der Waals surface area contributed by atoms with Crippen LogP contribution in [0.5, 0.6) is 0 Å². The molecule has 0 aliphatic carbocycles. The van der Waals surface area contributed by atoms with E-state index in [4.69, 9.17) is 4.74 Å². The van der Waals surface area contributed by atoms with Crippen LogP contribution in [0.1, 0.15) is 32.3 Å². The van der Waals surface area contributed by atoms with Crippen LogP contribution in [0.2, 0.25) is 0 Å². The summed E-state index contributed by atoms with van der Waals surface area (Å²) in [7, 11) is 0. The SMILES string of the molecule is CCCCc1ccc(NC(=O)N2CCN(C(=O)OCC)CC2)cc1. The molecule has 1 N–H and O–H groups in total. The van der Waals surface area contributed by atoms with Crippen LogP contribution in [0.3, 0.4) is 0 Å². The maximum atomic E-state index is 12.3. The van der Waals surface area contributed by atoms with Crippen LogP contribution in [0.25, 0.3) is 0 Å². The van der Waals surface area contributed by atoms with E-state index >= 15 is 0 Å². The summed E-state index contributed by atoms with van der Waals surface area (Å²) in [6, 6.07) is 7.88. The molecule has 0 aromatic heterocycles. The average molecular weight is 333 g/mol. The summed E-state index contributed by atoms with van der Waals surface area (Å²) in [6.45, 7) is 6.36. The minimum absolute atomic E-state index is 0.125. The molecule has 1 heterocycles. The summed E-state index contributed by atoms with van der Waals surface area (Å²) in [6.07, 6.45) is 3.12. The van der Waals surface area contributed by atoms with Crippen LogP contribution in [0, 0.1) is 0 Å². The van der Waals surface area contributed by atoms with Crippen LogP contribution in [0.15, 0.2) is 24.3 Å². The average Bonchev–Trinajstić information content (AvgIpc) is 2.61. The molecule has 1 saturated heterocycles. The molecule has 24 heavy (non-hydrogen) atoms. The van der Waals surface area contributed by atoms with E-state index < -0.39 is 0 Å². The van der Waals surface area contributed by atoms with Crippen LogP contribution >= 0.6 is 0 Å². The number of carbonyl (C=O) groups is 2. The van der Waals surface area contributed by atoms with Crippen LogP contribution in [-0.2, 0) is 11.2 Å². The molecule has 1 aromatic rings. The fourth-order valence-electron chi connectivity index (χ4n) is 2.65. The van der Waals surface area contributed by atoms with Crippen molar-refractivity contribution in [3.05, 3.63) is 29.8 Å². The Kier molecular flexibility index (Phi) is 6.90. The van der Waals surface area contributed by atoms with Crippen molar-refractivity contribution in [1.29, 1.82) is 0 Å². The highest BCUT2D eigenvalue weighted by Gasteiger charge is 2.24. The van der Waals surface area contributed by atoms with E-state index in [2.05, 4.69) is 24.4 Å². The lowest BCUT2D eigenvalue weighted by Gasteiger charge is -2.34. The molecule has 0 atom stereocenters. The van der Waals surface area contributed by atoms with Gasteiger partial charge in [0.25, 0.3) is 0 Å². The zero-order valence-corrected chi connectivity index (χ0v) is 14.6. The number of nitrogens with zero attached hydrogens (tertiary/aromatic N) is 2. The standard InChI is InChI=1S/C18H27N3O3/c1-3-5-6-15-7-9-16(10-8-15)19-17(22)20-11-13-21(14-12-20)18(23)24-4-2/h7-10H,3-6,11-14H2,1-2H3,(H,19,22). The van der Waals surface area contributed by atoms with E-state index in [1.807, 2.05) is 12.1 Å². The zero-order chi connectivity index (χ0) is 17.4. The van der Waals surface area contributed by atoms with Crippen LogP contribution in [-0.4, -0.2) is 54.7 Å². The second-order valence-corrected chi connectivity index (χ2v) is 5.90. The van der Waals surface area contributed by atoms with Gasteiger partial charge in [0, 0.05) is 31.9 Å². The molecule has 3 amide bonds. The first kappa shape index (κ1) is 18.1. The van der Waals surface area contributed by atoms with Crippen molar-refractivity contribution in [3.8, 4) is 0 Å². The molecule has 0 spiro atoms. The van der Waals surface area contributed by atoms with Crippen molar-refractivity contribution in [2.75, 3.05) is 38.1 Å². The highest BCUT2D eigenvalue weighted by molar-refractivity contribution is 5.89. The van der Waals surface area contributed by atoms with Crippen molar-refractivity contribution in [1.82, 2.24) is 9.80 Å². The van der Waals surface area contributed by atoms with Gasteiger partial charge in [-0.15, -0.1) is 0 Å². The minimum atomic E-state index is -0.305. The van der Waals surface area contributed by atoms with Gasteiger partial charge in [-0.25, -0.2) is 9.59 Å². The summed E-state index contributed by atoms with van der Waals surface area (Å²) < 4.78 is 4.98. The number of hydrogen-bond acceptors (Lipinski definition) is 3. The zero-order valence-electron chi connectivity index (χ0n) is 14.6. The Morgan fingerprint density at radius 1 is 1.04 bits per heavy atom. The predicted molar refractivity (Wildman–Crippen MR) is 94.2 cm³/mol. The van der Waals surface area contributed by atoms with Crippen LogP contribution in [0.4, 0.5) is 15.3 Å². The molecular formula is C18H27N3O3. The fourth-order valence-corrected chi connectivity index (χ4v) is 2.65. The van der Waals surface area contributed by atoms with Gasteiger partial charge in [0.1, 0.15) is 0 Å². The highest BCUT2D eigenvalue weighted by atomic mass is 16.6. The Balaban J connectivity index is 1.80. The molecular weight excluding hydrogens is 306 g/mol. The van der Waals surface area contributed by atoms with E-state index in [1.165, 1.54) is 18.4 Å². The van der Waals surface area contributed by atoms with Gasteiger partial charge in [-0.3, -0.25) is 0 Å². The summed E-state index contributed by atoms with van der Waals surface area (Å²) in [5.74, 6) is 0. The number of piperazine rings is 1. The fraction of sp³-hybridized carbons (Fsp3) is 0.556. The number of anilines is 1. The summed E-state index contributed by atoms with van der Waals surface area (Å²) in [5, 5.41) is 2.92. The third kappa shape index (κ3) is 5.15. The molecule has 0 saturated carbocycles. The molecule has 0 unspecified atom stereocenters. The first-order chi connectivity index (χ1) is 11.6. The Labute approximate surface area is 143 Å². The Morgan fingerprint density at radius 2 is 1.67 bits per heavy atom. The second kappa shape index (κ2) is 9.15. The van der Waals surface area contributed by atoms with E-state index in [9.17, 15) is 9.59 Å². The summed E-state index contributed by atoms with van der Waals surface area (Å²) in [4.78, 5) is 27.3. The molecule has 0 bridgehead atoms. The molecule has 0 radical (unpaired) electrons. The van der Waals surface area contributed by atoms with E-state index in [0.29, 0.717) is 32.8 Å². The maximum Gasteiger partial charge on any atom is 0.409 e. The number of rotatable bonds is 5. The second-order valence-electron chi connectivity index (χ2n) is 5.90. The number of ether oxygens (including phenoxy) is 1. The predicted octanol–water partition coefficient (Wildman–Crippen LogP) is 3.34. The first-order valence-electron chi connectivity index (χ1n) is 8.70. The van der Waals surface area contributed by atoms with Gasteiger partial charge in [-0.05, 0) is 37.5 Å².